The molecular weight excluding hydrogens is 325 g/mol. The van der Waals surface area contributed by atoms with Crippen molar-refractivity contribution in [2.45, 2.75) is 6.18 Å². The van der Waals surface area contributed by atoms with Gasteiger partial charge in [0.05, 0.1) is 20.3 Å². The smallest absolute Gasteiger partial charge is 0.449 e. The largest absolute Gasteiger partial charge is 0.453 e. The van der Waals surface area contributed by atoms with Gasteiger partial charge in [-0.3, -0.25) is 5.32 Å². The van der Waals surface area contributed by atoms with E-state index in [1.54, 1.807) is 0 Å². The molecule has 1 fully saturated rings. The molecule has 1 aliphatic rings. The number of aromatic nitrogens is 1. The third kappa shape index (κ3) is 4.31. The minimum Gasteiger partial charge on any atom is -0.453 e. The molecule has 0 aliphatic carbocycles. The number of carbonyl (C=O) groups is 1. The first-order valence-electron chi connectivity index (χ1n) is 6.19. The molecule has 1 saturated heterocycles. The Morgan fingerprint density at radius 1 is 1.50 bits per heavy atom. The molecule has 0 saturated carbocycles. The normalized spacial score (nSPS) is 16.5. The number of nitrogens with one attached hydrogen (secondary N) is 1. The van der Waals surface area contributed by atoms with Crippen LogP contribution in [0.3, 0.4) is 0 Å². The van der Waals surface area contributed by atoms with E-state index in [0.717, 1.165) is 7.11 Å². The molecule has 1 aromatic heterocycles. The molecule has 11 heteroatoms. The molecule has 0 unspecified atom stereocenters. The fraction of sp³-hybridized carbons (Fsp3) is 0.545. The van der Waals surface area contributed by atoms with Gasteiger partial charge in [-0.15, -0.1) is 11.3 Å². The lowest BCUT2D eigenvalue weighted by molar-refractivity contribution is -0.0615. The van der Waals surface area contributed by atoms with Gasteiger partial charge in [0.2, 0.25) is 5.84 Å². The highest BCUT2D eigenvalue weighted by atomic mass is 32.1. The molecule has 22 heavy (non-hydrogen) atoms. The van der Waals surface area contributed by atoms with Crippen molar-refractivity contribution in [2.24, 2.45) is 4.99 Å². The van der Waals surface area contributed by atoms with Crippen LogP contribution in [-0.4, -0.2) is 56.5 Å². The number of methoxy groups -OCH3 is 1. The van der Waals surface area contributed by atoms with Crippen molar-refractivity contribution in [1.29, 1.82) is 0 Å². The zero-order chi connectivity index (χ0) is 16.2. The van der Waals surface area contributed by atoms with Gasteiger partial charge in [0.15, 0.2) is 10.9 Å². The first-order valence-corrected chi connectivity index (χ1v) is 7.07. The van der Waals surface area contributed by atoms with Crippen LogP contribution in [0.1, 0.15) is 0 Å². The molecule has 1 amide bonds. The Labute approximate surface area is 127 Å². The van der Waals surface area contributed by atoms with E-state index in [4.69, 9.17) is 4.74 Å². The SMILES string of the molecule is COC(=O)N/C(=N\c1csc(N2CCOCC2)n1)C(F)(F)F. The number of ether oxygens (including phenoxy) is 2. The van der Waals surface area contributed by atoms with Crippen LogP contribution >= 0.6 is 11.3 Å². The second-order valence-corrected chi connectivity index (χ2v) is 5.00. The zero-order valence-corrected chi connectivity index (χ0v) is 12.3. The molecule has 1 N–H and O–H groups in total. The third-order valence-corrected chi connectivity index (χ3v) is 3.55. The van der Waals surface area contributed by atoms with Crippen LogP contribution in [0.5, 0.6) is 0 Å². The maximum absolute atomic E-state index is 12.8. The molecule has 0 bridgehead atoms. The number of halogens is 3. The quantitative estimate of drug-likeness (QED) is 0.659. The monoisotopic (exact) mass is 338 g/mol. The number of alkyl halides is 3. The topological polar surface area (TPSA) is 76.0 Å². The molecule has 122 valence electrons. The van der Waals surface area contributed by atoms with E-state index in [9.17, 15) is 18.0 Å². The maximum atomic E-state index is 12.8. The Bertz CT molecular complexity index is 555. The molecule has 1 aliphatic heterocycles. The fourth-order valence-electron chi connectivity index (χ4n) is 1.63. The van der Waals surface area contributed by atoms with Gasteiger partial charge in [-0.1, -0.05) is 0 Å². The summed E-state index contributed by atoms with van der Waals surface area (Å²) in [6.07, 6.45) is -6.07. The second-order valence-electron chi connectivity index (χ2n) is 4.16. The molecule has 0 radical (unpaired) electrons. The number of alkyl carbamates (subject to hydrolysis) is 1. The van der Waals surface area contributed by atoms with Gasteiger partial charge in [0, 0.05) is 18.5 Å². The van der Waals surface area contributed by atoms with Crippen LogP contribution in [0.25, 0.3) is 0 Å². The van der Waals surface area contributed by atoms with Crippen LogP contribution in [0.2, 0.25) is 0 Å². The van der Waals surface area contributed by atoms with Crippen LogP contribution in [0, 0.1) is 0 Å². The van der Waals surface area contributed by atoms with Crippen molar-refractivity contribution in [2.75, 3.05) is 38.3 Å². The summed E-state index contributed by atoms with van der Waals surface area (Å²) in [5.41, 5.74) is 0. The number of aliphatic imine (C=N–C) groups is 1. The van der Waals surface area contributed by atoms with Crippen LogP contribution in [0.4, 0.5) is 28.9 Å². The number of rotatable bonds is 2. The summed E-state index contributed by atoms with van der Waals surface area (Å²) in [4.78, 5) is 20.2. The first kappa shape index (κ1) is 16.5. The van der Waals surface area contributed by atoms with Crippen LogP contribution in [0.15, 0.2) is 10.4 Å². The summed E-state index contributed by atoms with van der Waals surface area (Å²) in [6.45, 7) is 2.30. The van der Waals surface area contributed by atoms with Crippen molar-refractivity contribution in [1.82, 2.24) is 10.3 Å². The average molecular weight is 338 g/mol. The van der Waals surface area contributed by atoms with Crippen molar-refractivity contribution in [3.8, 4) is 0 Å². The zero-order valence-electron chi connectivity index (χ0n) is 11.5. The van der Waals surface area contributed by atoms with E-state index in [2.05, 4.69) is 14.7 Å². The summed E-state index contributed by atoms with van der Waals surface area (Å²) >= 11 is 1.17. The third-order valence-electron chi connectivity index (χ3n) is 2.66. The molecule has 2 heterocycles. The van der Waals surface area contributed by atoms with Crippen molar-refractivity contribution >= 4 is 34.2 Å². The fourth-order valence-corrected chi connectivity index (χ4v) is 2.43. The lowest BCUT2D eigenvalue weighted by Gasteiger charge is -2.25. The summed E-state index contributed by atoms with van der Waals surface area (Å²) in [6, 6.07) is 0. The molecule has 0 spiro atoms. The second kappa shape index (κ2) is 6.92. The lowest BCUT2D eigenvalue weighted by Crippen LogP contribution is -2.40. The summed E-state index contributed by atoms with van der Waals surface area (Å²) in [5, 5.41) is 3.48. The van der Waals surface area contributed by atoms with Crippen LogP contribution in [-0.2, 0) is 9.47 Å². The summed E-state index contributed by atoms with van der Waals surface area (Å²) < 4.78 is 47.8. The number of hydrogen-bond acceptors (Lipinski definition) is 7. The van der Waals surface area contributed by atoms with Gasteiger partial charge in [0.25, 0.3) is 0 Å². The Hall–Kier alpha value is -1.88. The molecular formula is C11H13F3N4O3S. The molecule has 2 rings (SSSR count). The highest BCUT2D eigenvalue weighted by molar-refractivity contribution is 7.14. The Morgan fingerprint density at radius 2 is 2.18 bits per heavy atom. The first-order chi connectivity index (χ1) is 10.4. The number of hydrogen-bond donors (Lipinski definition) is 1. The van der Waals surface area contributed by atoms with Gasteiger partial charge in [-0.2, -0.15) is 13.2 Å². The highest BCUT2D eigenvalue weighted by Crippen LogP contribution is 2.27. The van der Waals surface area contributed by atoms with E-state index < -0.39 is 18.1 Å². The van der Waals surface area contributed by atoms with Gasteiger partial charge in [-0.05, 0) is 0 Å². The molecule has 7 nitrogen and oxygen atoms in total. The van der Waals surface area contributed by atoms with Gasteiger partial charge >= 0.3 is 12.3 Å². The predicted octanol–water partition coefficient (Wildman–Crippen LogP) is 1.93. The van der Waals surface area contributed by atoms with E-state index in [1.165, 1.54) is 22.0 Å². The van der Waals surface area contributed by atoms with Gasteiger partial charge < -0.3 is 14.4 Å². The number of nitrogens with zero attached hydrogens (tertiary/aromatic N) is 3. The number of morpholine rings is 1. The van der Waals surface area contributed by atoms with Crippen molar-refractivity contribution < 1.29 is 27.4 Å². The minimum atomic E-state index is -4.82. The van der Waals surface area contributed by atoms with Gasteiger partial charge in [0.1, 0.15) is 0 Å². The van der Waals surface area contributed by atoms with Crippen molar-refractivity contribution in [3.63, 3.8) is 0 Å². The van der Waals surface area contributed by atoms with E-state index in [0.29, 0.717) is 31.4 Å². The Morgan fingerprint density at radius 3 is 2.77 bits per heavy atom. The maximum Gasteiger partial charge on any atom is 0.449 e. The Balaban J connectivity index is 2.17. The predicted molar refractivity (Wildman–Crippen MR) is 73.8 cm³/mol. The minimum absolute atomic E-state index is 0.129. The highest BCUT2D eigenvalue weighted by Gasteiger charge is 2.38. The number of anilines is 1. The Kier molecular flexibility index (Phi) is 5.19. The van der Waals surface area contributed by atoms with Gasteiger partial charge in [-0.25, -0.2) is 14.8 Å². The summed E-state index contributed by atoms with van der Waals surface area (Å²) in [5.74, 6) is -1.60. The number of thiazole rings is 1. The number of amidine groups is 1. The lowest BCUT2D eigenvalue weighted by atomic mass is 10.5. The standard InChI is InChI=1S/C11H13F3N4O3S/c1-20-10(19)17-8(11(12,13)14)15-7-6-22-9(16-7)18-2-4-21-5-3-18/h6H,2-5H2,1H3,(H,15,17,19). The average Bonchev–Trinajstić information content (AvgIpc) is 2.95. The van der Waals surface area contributed by atoms with E-state index in [1.807, 2.05) is 4.90 Å². The molecule has 0 aromatic carbocycles. The molecule has 1 aromatic rings. The van der Waals surface area contributed by atoms with Crippen LogP contribution < -0.4 is 10.2 Å². The number of amides is 1. The number of carbonyl (C=O) groups excluding carboxylic acids is 1. The van der Waals surface area contributed by atoms with E-state index >= 15 is 0 Å². The summed E-state index contributed by atoms with van der Waals surface area (Å²) in [7, 11) is 0.961. The van der Waals surface area contributed by atoms with Crippen molar-refractivity contribution in [3.05, 3.63) is 5.38 Å². The van der Waals surface area contributed by atoms with E-state index in [-0.39, 0.29) is 5.82 Å². The molecule has 0 atom stereocenters.